The van der Waals surface area contributed by atoms with E-state index in [1.165, 1.54) is 37.7 Å². The van der Waals surface area contributed by atoms with E-state index in [0.717, 1.165) is 17.8 Å². The van der Waals surface area contributed by atoms with Crippen LogP contribution in [0.1, 0.15) is 52.9 Å². The molecule has 2 aliphatic rings. The number of allylic oxidation sites excluding steroid dienone is 3. The highest BCUT2D eigenvalue weighted by Gasteiger charge is 2.33. The largest absolute Gasteiger partial charge is 0.0999 e. The van der Waals surface area contributed by atoms with Crippen LogP contribution in [0.2, 0.25) is 0 Å². The maximum atomic E-state index is 4.17. The molecule has 3 atom stereocenters. The van der Waals surface area contributed by atoms with Crippen molar-refractivity contribution in [3.63, 3.8) is 0 Å². The fraction of sp³-hybridized carbons (Fsp3) is 0.733. The summed E-state index contributed by atoms with van der Waals surface area (Å²) >= 11 is 0. The van der Waals surface area contributed by atoms with E-state index in [9.17, 15) is 0 Å². The summed E-state index contributed by atoms with van der Waals surface area (Å²) in [6, 6.07) is 0. The van der Waals surface area contributed by atoms with Crippen LogP contribution in [0.25, 0.3) is 0 Å². The summed E-state index contributed by atoms with van der Waals surface area (Å²) < 4.78 is 0. The Bertz CT molecular complexity index is 295. The Morgan fingerprint density at radius 1 is 1.27 bits per heavy atom. The highest BCUT2D eigenvalue weighted by Crippen LogP contribution is 2.46. The van der Waals surface area contributed by atoms with Crippen LogP contribution in [0.15, 0.2) is 23.3 Å². The Labute approximate surface area is 94.5 Å². The van der Waals surface area contributed by atoms with E-state index in [-0.39, 0.29) is 0 Å². The summed E-state index contributed by atoms with van der Waals surface area (Å²) in [7, 11) is 0. The number of hydrogen-bond donors (Lipinski definition) is 0. The highest BCUT2D eigenvalue weighted by atomic mass is 14.4. The minimum absolute atomic E-state index is 0.781. The summed E-state index contributed by atoms with van der Waals surface area (Å²) in [6.07, 6.45) is 6.83. The van der Waals surface area contributed by atoms with Gasteiger partial charge in [0.25, 0.3) is 0 Å². The van der Waals surface area contributed by atoms with Gasteiger partial charge in [-0.2, -0.15) is 0 Å². The SMILES string of the molecule is C=C(C)C1CCC(C)=C2CCC(C)C2C1. The molecule has 0 aliphatic heterocycles. The molecule has 0 radical (unpaired) electrons. The van der Waals surface area contributed by atoms with E-state index in [0.29, 0.717) is 0 Å². The van der Waals surface area contributed by atoms with Crippen molar-refractivity contribution in [2.24, 2.45) is 17.8 Å². The third-order valence-corrected chi connectivity index (χ3v) is 4.65. The molecule has 3 unspecified atom stereocenters. The van der Waals surface area contributed by atoms with Crippen molar-refractivity contribution >= 4 is 0 Å². The van der Waals surface area contributed by atoms with Gasteiger partial charge in [-0.1, -0.05) is 30.2 Å². The second-order valence-electron chi connectivity index (χ2n) is 5.75. The Balaban J connectivity index is 2.21. The summed E-state index contributed by atoms with van der Waals surface area (Å²) in [6.45, 7) is 11.2. The average molecular weight is 204 g/mol. The fourth-order valence-electron chi connectivity index (χ4n) is 3.44. The minimum atomic E-state index is 0.781. The molecule has 0 bridgehead atoms. The first kappa shape index (κ1) is 11.0. The number of rotatable bonds is 1. The van der Waals surface area contributed by atoms with Crippen LogP contribution in [0.5, 0.6) is 0 Å². The second-order valence-corrected chi connectivity index (χ2v) is 5.75. The van der Waals surface area contributed by atoms with Crippen LogP contribution in [0.4, 0.5) is 0 Å². The molecule has 0 aromatic carbocycles. The van der Waals surface area contributed by atoms with Gasteiger partial charge in [-0.3, -0.25) is 0 Å². The molecule has 2 rings (SSSR count). The van der Waals surface area contributed by atoms with E-state index < -0.39 is 0 Å². The van der Waals surface area contributed by atoms with Crippen LogP contribution in [0.3, 0.4) is 0 Å². The van der Waals surface area contributed by atoms with Crippen molar-refractivity contribution in [3.05, 3.63) is 23.3 Å². The molecule has 15 heavy (non-hydrogen) atoms. The predicted molar refractivity (Wildman–Crippen MR) is 66.7 cm³/mol. The van der Waals surface area contributed by atoms with Gasteiger partial charge in [-0.05, 0) is 63.7 Å². The van der Waals surface area contributed by atoms with Crippen molar-refractivity contribution in [1.29, 1.82) is 0 Å². The summed E-state index contributed by atoms with van der Waals surface area (Å²) in [5.74, 6) is 2.58. The van der Waals surface area contributed by atoms with Gasteiger partial charge in [0.1, 0.15) is 0 Å². The van der Waals surface area contributed by atoms with Gasteiger partial charge >= 0.3 is 0 Å². The molecular formula is C15H24. The second kappa shape index (κ2) is 4.15. The zero-order valence-electron chi connectivity index (χ0n) is 10.5. The van der Waals surface area contributed by atoms with Crippen LogP contribution in [0, 0.1) is 17.8 Å². The van der Waals surface area contributed by atoms with E-state index in [2.05, 4.69) is 27.4 Å². The third kappa shape index (κ3) is 2.04. The summed E-state index contributed by atoms with van der Waals surface area (Å²) in [5.41, 5.74) is 4.92. The molecule has 0 spiro atoms. The Morgan fingerprint density at radius 2 is 2.00 bits per heavy atom. The normalized spacial score (nSPS) is 36.3. The maximum absolute atomic E-state index is 4.17. The van der Waals surface area contributed by atoms with Crippen molar-refractivity contribution in [3.8, 4) is 0 Å². The van der Waals surface area contributed by atoms with E-state index >= 15 is 0 Å². The monoisotopic (exact) mass is 204 g/mol. The van der Waals surface area contributed by atoms with Crippen molar-refractivity contribution in [2.75, 3.05) is 0 Å². The van der Waals surface area contributed by atoms with Gasteiger partial charge in [-0.25, -0.2) is 0 Å². The van der Waals surface area contributed by atoms with E-state index in [4.69, 9.17) is 0 Å². The molecule has 0 amide bonds. The van der Waals surface area contributed by atoms with E-state index in [1.54, 1.807) is 5.57 Å². The van der Waals surface area contributed by atoms with Gasteiger partial charge in [0, 0.05) is 0 Å². The smallest absolute Gasteiger partial charge is 0.0169 e. The quantitative estimate of drug-likeness (QED) is 0.542. The highest BCUT2D eigenvalue weighted by molar-refractivity contribution is 5.23. The first-order chi connectivity index (χ1) is 7.09. The minimum Gasteiger partial charge on any atom is -0.0999 e. The molecular weight excluding hydrogens is 180 g/mol. The van der Waals surface area contributed by atoms with Crippen LogP contribution in [-0.4, -0.2) is 0 Å². The lowest BCUT2D eigenvalue weighted by atomic mass is 9.83. The Kier molecular flexibility index (Phi) is 3.04. The van der Waals surface area contributed by atoms with Gasteiger partial charge in [-0.15, -0.1) is 0 Å². The van der Waals surface area contributed by atoms with Crippen LogP contribution in [-0.2, 0) is 0 Å². The first-order valence-electron chi connectivity index (χ1n) is 6.43. The molecule has 0 aromatic rings. The Hall–Kier alpha value is -0.520. The summed E-state index contributed by atoms with van der Waals surface area (Å²) in [4.78, 5) is 0. The average Bonchev–Trinajstić information content (AvgIpc) is 2.43. The maximum Gasteiger partial charge on any atom is -0.0169 e. The van der Waals surface area contributed by atoms with Crippen LogP contribution < -0.4 is 0 Å². The third-order valence-electron chi connectivity index (χ3n) is 4.65. The molecule has 0 saturated heterocycles. The summed E-state index contributed by atoms with van der Waals surface area (Å²) in [5, 5.41) is 0. The van der Waals surface area contributed by atoms with Gasteiger partial charge in [0.2, 0.25) is 0 Å². The Morgan fingerprint density at radius 3 is 2.67 bits per heavy atom. The van der Waals surface area contributed by atoms with Gasteiger partial charge in [0.05, 0.1) is 0 Å². The van der Waals surface area contributed by atoms with Crippen molar-refractivity contribution in [1.82, 2.24) is 0 Å². The van der Waals surface area contributed by atoms with Crippen molar-refractivity contribution < 1.29 is 0 Å². The molecule has 0 heteroatoms. The lowest BCUT2D eigenvalue weighted by Gasteiger charge is -2.22. The number of hydrogen-bond acceptors (Lipinski definition) is 0. The molecule has 1 saturated carbocycles. The van der Waals surface area contributed by atoms with Crippen molar-refractivity contribution in [2.45, 2.75) is 52.9 Å². The number of fused-ring (bicyclic) bond motifs is 1. The molecule has 84 valence electrons. The molecule has 0 nitrogen and oxygen atoms in total. The molecule has 2 aliphatic carbocycles. The molecule has 1 fully saturated rings. The topological polar surface area (TPSA) is 0 Å². The predicted octanol–water partition coefficient (Wildman–Crippen LogP) is 4.73. The lowest BCUT2D eigenvalue weighted by Crippen LogP contribution is -2.11. The van der Waals surface area contributed by atoms with Gasteiger partial charge in [0.15, 0.2) is 0 Å². The fourth-order valence-corrected chi connectivity index (χ4v) is 3.44. The zero-order chi connectivity index (χ0) is 11.0. The molecule has 0 heterocycles. The van der Waals surface area contributed by atoms with Crippen LogP contribution >= 0.6 is 0 Å². The molecule has 0 aromatic heterocycles. The first-order valence-corrected chi connectivity index (χ1v) is 6.43. The van der Waals surface area contributed by atoms with E-state index in [1.807, 2.05) is 5.57 Å². The molecule has 0 N–H and O–H groups in total. The zero-order valence-corrected chi connectivity index (χ0v) is 10.5. The van der Waals surface area contributed by atoms with Gasteiger partial charge < -0.3 is 0 Å². The lowest BCUT2D eigenvalue weighted by molar-refractivity contribution is 0.374. The standard InChI is InChI=1S/C15H24/c1-10(2)13-7-5-11(3)14-8-6-12(4)15(14)9-13/h12-13,15H,1,5-9H2,2-4H3.